The van der Waals surface area contributed by atoms with E-state index in [0.717, 1.165) is 0 Å². The summed E-state index contributed by atoms with van der Waals surface area (Å²) in [5.74, 6) is 0. The molecule has 0 aromatic carbocycles. The van der Waals surface area contributed by atoms with Gasteiger partial charge in [-0.25, -0.2) is 0 Å². The van der Waals surface area contributed by atoms with Crippen LogP contribution < -0.4 is 0 Å². The highest BCUT2D eigenvalue weighted by Gasteiger charge is 1.95. The molecule has 44 valence electrons. The first-order valence-electron chi connectivity index (χ1n) is 2.42. The number of hydrogen-bond acceptors (Lipinski definition) is 2. The molecule has 0 aliphatic heterocycles. The predicted molar refractivity (Wildman–Crippen MR) is 34.1 cm³/mol. The zero-order valence-corrected chi connectivity index (χ0v) is 5.18. The fourth-order valence-corrected chi connectivity index (χ4v) is 0.366. The van der Waals surface area contributed by atoms with Crippen molar-refractivity contribution in [3.63, 3.8) is 0 Å². The van der Waals surface area contributed by atoms with Gasteiger partial charge in [-0.05, 0) is 6.92 Å². The van der Waals surface area contributed by atoms with Crippen molar-refractivity contribution in [1.29, 1.82) is 10.5 Å². The standard InChI is InChI=1S/C7H6N2/c1-3-7(5-9)6(2)4-8/h3H,2H2,1H3/b7-3+. The molecule has 0 fully saturated rings. The molecule has 0 aromatic rings. The van der Waals surface area contributed by atoms with E-state index >= 15 is 0 Å². The number of allylic oxidation sites excluding steroid dienone is 3. The molecule has 0 saturated carbocycles. The van der Waals surface area contributed by atoms with Crippen molar-refractivity contribution < 1.29 is 0 Å². The second kappa shape index (κ2) is 3.46. The Hall–Kier alpha value is -1.54. The second-order valence-electron chi connectivity index (χ2n) is 1.40. The lowest BCUT2D eigenvalue weighted by Crippen LogP contribution is -1.78. The van der Waals surface area contributed by atoms with E-state index in [1.165, 1.54) is 0 Å². The van der Waals surface area contributed by atoms with E-state index in [0.29, 0.717) is 5.57 Å². The first kappa shape index (κ1) is 7.46. The van der Waals surface area contributed by atoms with E-state index < -0.39 is 0 Å². The Morgan fingerprint density at radius 3 is 2.11 bits per heavy atom. The first-order valence-corrected chi connectivity index (χ1v) is 2.42. The van der Waals surface area contributed by atoms with Gasteiger partial charge in [-0.1, -0.05) is 12.7 Å². The molecule has 0 atom stereocenters. The number of rotatable bonds is 1. The summed E-state index contributed by atoms with van der Waals surface area (Å²) in [7, 11) is 0. The fraction of sp³-hybridized carbons (Fsp3) is 0.143. The molecule has 0 rings (SSSR count). The predicted octanol–water partition coefficient (Wildman–Crippen LogP) is 1.54. The largest absolute Gasteiger partial charge is 0.192 e. The number of nitriles is 2. The van der Waals surface area contributed by atoms with Crippen LogP contribution in [0.3, 0.4) is 0 Å². The topological polar surface area (TPSA) is 47.6 Å². The van der Waals surface area contributed by atoms with Crippen molar-refractivity contribution in [3.8, 4) is 12.1 Å². The minimum absolute atomic E-state index is 0.222. The highest BCUT2D eigenvalue weighted by Crippen LogP contribution is 2.02. The van der Waals surface area contributed by atoms with Gasteiger partial charge in [0.2, 0.25) is 0 Å². The van der Waals surface area contributed by atoms with Gasteiger partial charge in [-0.2, -0.15) is 10.5 Å². The molecule has 0 heterocycles. The smallest absolute Gasteiger partial charge is 0.100 e. The van der Waals surface area contributed by atoms with Crippen LogP contribution in [0, 0.1) is 22.7 Å². The monoisotopic (exact) mass is 118 g/mol. The van der Waals surface area contributed by atoms with Crippen molar-refractivity contribution in [1.82, 2.24) is 0 Å². The molecule has 0 aliphatic carbocycles. The van der Waals surface area contributed by atoms with E-state index in [-0.39, 0.29) is 5.57 Å². The Bertz CT molecular complexity index is 222. The summed E-state index contributed by atoms with van der Waals surface area (Å²) in [4.78, 5) is 0. The first-order chi connectivity index (χ1) is 4.26. The normalized spacial score (nSPS) is 9.44. The molecular weight excluding hydrogens is 112 g/mol. The average molecular weight is 118 g/mol. The van der Waals surface area contributed by atoms with E-state index in [9.17, 15) is 0 Å². The van der Waals surface area contributed by atoms with Crippen LogP contribution in [0.4, 0.5) is 0 Å². The van der Waals surface area contributed by atoms with Crippen LogP contribution in [0.5, 0.6) is 0 Å². The highest BCUT2D eigenvalue weighted by molar-refractivity contribution is 5.47. The lowest BCUT2D eigenvalue weighted by molar-refractivity contribution is 1.43. The Labute approximate surface area is 54.3 Å². The average Bonchev–Trinajstić information content (AvgIpc) is 1.90. The van der Waals surface area contributed by atoms with Crippen LogP contribution in [0.15, 0.2) is 23.8 Å². The van der Waals surface area contributed by atoms with E-state index in [1.54, 1.807) is 19.1 Å². The van der Waals surface area contributed by atoms with E-state index in [2.05, 4.69) is 6.58 Å². The maximum absolute atomic E-state index is 8.30. The zero-order valence-electron chi connectivity index (χ0n) is 5.18. The van der Waals surface area contributed by atoms with Crippen LogP contribution >= 0.6 is 0 Å². The van der Waals surface area contributed by atoms with Crippen molar-refractivity contribution in [2.45, 2.75) is 6.92 Å². The molecule has 0 saturated heterocycles. The third-order valence-corrected chi connectivity index (χ3v) is 0.869. The van der Waals surface area contributed by atoms with Gasteiger partial charge in [-0.3, -0.25) is 0 Å². The van der Waals surface area contributed by atoms with Crippen molar-refractivity contribution >= 4 is 0 Å². The van der Waals surface area contributed by atoms with Gasteiger partial charge in [0, 0.05) is 0 Å². The quantitative estimate of drug-likeness (QED) is 0.387. The summed E-state index contributed by atoms with van der Waals surface area (Å²) in [5.41, 5.74) is 0.567. The molecule has 2 heteroatoms. The summed E-state index contributed by atoms with van der Waals surface area (Å²) in [6, 6.07) is 3.62. The van der Waals surface area contributed by atoms with Gasteiger partial charge in [-0.15, -0.1) is 0 Å². The maximum Gasteiger partial charge on any atom is 0.100 e. The van der Waals surface area contributed by atoms with Gasteiger partial charge in [0.25, 0.3) is 0 Å². The Morgan fingerprint density at radius 1 is 1.44 bits per heavy atom. The SMILES string of the molecule is C=C(C#N)/C(C#N)=C/C. The van der Waals surface area contributed by atoms with E-state index in [1.807, 2.05) is 6.07 Å². The molecule has 2 nitrogen and oxygen atoms in total. The molecule has 9 heavy (non-hydrogen) atoms. The summed E-state index contributed by atoms with van der Waals surface area (Å²) < 4.78 is 0. The van der Waals surface area contributed by atoms with Crippen LogP contribution in [0.2, 0.25) is 0 Å². The van der Waals surface area contributed by atoms with Crippen molar-refractivity contribution in [3.05, 3.63) is 23.8 Å². The fourth-order valence-electron chi connectivity index (χ4n) is 0.366. The summed E-state index contributed by atoms with van der Waals surface area (Å²) in [6.07, 6.45) is 1.56. The number of nitrogens with zero attached hydrogens (tertiary/aromatic N) is 2. The van der Waals surface area contributed by atoms with Crippen molar-refractivity contribution in [2.75, 3.05) is 0 Å². The molecule has 0 unspecified atom stereocenters. The second-order valence-corrected chi connectivity index (χ2v) is 1.40. The van der Waals surface area contributed by atoms with Gasteiger partial charge < -0.3 is 0 Å². The van der Waals surface area contributed by atoms with Crippen molar-refractivity contribution in [2.24, 2.45) is 0 Å². The van der Waals surface area contributed by atoms with Crippen LogP contribution in [0.1, 0.15) is 6.92 Å². The molecule has 0 N–H and O–H groups in total. The van der Waals surface area contributed by atoms with Gasteiger partial charge in [0.15, 0.2) is 0 Å². The number of hydrogen-bond donors (Lipinski definition) is 0. The Morgan fingerprint density at radius 2 is 2.00 bits per heavy atom. The molecule has 0 spiro atoms. The maximum atomic E-state index is 8.30. The van der Waals surface area contributed by atoms with Crippen LogP contribution in [-0.4, -0.2) is 0 Å². The van der Waals surface area contributed by atoms with Crippen LogP contribution in [0.25, 0.3) is 0 Å². The van der Waals surface area contributed by atoms with Gasteiger partial charge >= 0.3 is 0 Å². The third-order valence-electron chi connectivity index (χ3n) is 0.869. The summed E-state index contributed by atoms with van der Waals surface area (Å²) in [6.45, 7) is 5.06. The molecule has 0 bridgehead atoms. The lowest BCUT2D eigenvalue weighted by Gasteiger charge is -1.85. The molecule has 0 aliphatic rings. The minimum Gasteiger partial charge on any atom is -0.192 e. The molecule has 0 amide bonds. The zero-order chi connectivity index (χ0) is 7.28. The summed E-state index contributed by atoms with van der Waals surface area (Å²) in [5, 5.41) is 16.5. The Kier molecular flexibility index (Phi) is 2.87. The third kappa shape index (κ3) is 1.80. The van der Waals surface area contributed by atoms with Gasteiger partial charge in [0.05, 0.1) is 17.2 Å². The Balaban J connectivity index is 4.44. The minimum atomic E-state index is 0.222. The van der Waals surface area contributed by atoms with Crippen LogP contribution in [-0.2, 0) is 0 Å². The van der Waals surface area contributed by atoms with Gasteiger partial charge in [0.1, 0.15) is 6.07 Å². The van der Waals surface area contributed by atoms with E-state index in [4.69, 9.17) is 10.5 Å². The molecule has 0 aromatic heterocycles. The molecular formula is C7H6N2. The lowest BCUT2D eigenvalue weighted by atomic mass is 10.1. The highest BCUT2D eigenvalue weighted by atomic mass is 14.3. The summed E-state index contributed by atoms with van der Waals surface area (Å²) >= 11 is 0. The molecule has 0 radical (unpaired) electrons.